The molecule has 0 spiro atoms. The maximum atomic E-state index is 12.4. The van der Waals surface area contributed by atoms with Crippen LogP contribution in [0.25, 0.3) is 6.08 Å². The molecule has 0 atom stereocenters. The van der Waals surface area contributed by atoms with Crippen LogP contribution in [0.1, 0.15) is 16.7 Å². The van der Waals surface area contributed by atoms with Crippen molar-refractivity contribution in [2.75, 3.05) is 0 Å². The fourth-order valence-electron chi connectivity index (χ4n) is 1.17. The van der Waals surface area contributed by atoms with E-state index in [0.717, 1.165) is 18.2 Å². The molecule has 1 aromatic rings. The Morgan fingerprint density at radius 3 is 2.50 bits per heavy atom. The second-order valence-corrected chi connectivity index (χ2v) is 3.30. The number of primary amides is 1. The van der Waals surface area contributed by atoms with Gasteiger partial charge in [0, 0.05) is 6.08 Å². The van der Waals surface area contributed by atoms with Crippen LogP contribution in [0.5, 0.6) is 0 Å². The third-order valence-corrected chi connectivity index (χ3v) is 2.03. The lowest BCUT2D eigenvalue weighted by molar-refractivity contribution is -0.137. The predicted molar refractivity (Wildman–Crippen MR) is 54.4 cm³/mol. The van der Waals surface area contributed by atoms with Gasteiger partial charge in [-0.3, -0.25) is 4.79 Å². The van der Waals surface area contributed by atoms with Crippen LogP contribution in [0.15, 0.2) is 24.3 Å². The monoisotopic (exact) mass is 229 g/mol. The maximum Gasteiger partial charge on any atom is 0.416 e. The van der Waals surface area contributed by atoms with Crippen molar-refractivity contribution in [3.8, 4) is 0 Å². The molecule has 16 heavy (non-hydrogen) atoms. The Balaban J connectivity index is 3.14. The summed E-state index contributed by atoms with van der Waals surface area (Å²) in [7, 11) is 0. The molecule has 0 bridgehead atoms. The molecule has 0 radical (unpaired) electrons. The highest BCUT2D eigenvalue weighted by Crippen LogP contribution is 2.30. The molecular weight excluding hydrogens is 219 g/mol. The third kappa shape index (κ3) is 3.12. The molecule has 1 amide bonds. The Morgan fingerprint density at radius 2 is 2.00 bits per heavy atom. The van der Waals surface area contributed by atoms with Crippen LogP contribution >= 0.6 is 0 Å². The van der Waals surface area contributed by atoms with E-state index in [2.05, 4.69) is 0 Å². The second-order valence-electron chi connectivity index (χ2n) is 3.30. The van der Waals surface area contributed by atoms with Crippen molar-refractivity contribution in [1.29, 1.82) is 0 Å². The average molecular weight is 229 g/mol. The van der Waals surface area contributed by atoms with Crippen LogP contribution in [0.4, 0.5) is 13.2 Å². The van der Waals surface area contributed by atoms with Crippen molar-refractivity contribution in [3.63, 3.8) is 0 Å². The predicted octanol–water partition coefficient (Wildman–Crippen LogP) is 2.51. The van der Waals surface area contributed by atoms with Crippen LogP contribution in [-0.2, 0) is 11.0 Å². The van der Waals surface area contributed by atoms with Crippen LogP contribution in [-0.4, -0.2) is 5.91 Å². The van der Waals surface area contributed by atoms with Gasteiger partial charge in [-0.2, -0.15) is 13.2 Å². The highest BCUT2D eigenvalue weighted by molar-refractivity contribution is 5.90. The summed E-state index contributed by atoms with van der Waals surface area (Å²) in [4.78, 5) is 10.5. The van der Waals surface area contributed by atoms with Gasteiger partial charge < -0.3 is 5.73 Å². The largest absolute Gasteiger partial charge is 0.416 e. The normalized spacial score (nSPS) is 12.0. The second kappa shape index (κ2) is 4.38. The number of hydrogen-bond acceptors (Lipinski definition) is 1. The van der Waals surface area contributed by atoms with Gasteiger partial charge in [-0.1, -0.05) is 6.07 Å². The number of halogens is 3. The number of benzene rings is 1. The van der Waals surface area contributed by atoms with Gasteiger partial charge in [0.1, 0.15) is 0 Å². The zero-order valence-electron chi connectivity index (χ0n) is 8.51. The third-order valence-electron chi connectivity index (χ3n) is 2.03. The van der Waals surface area contributed by atoms with Crippen molar-refractivity contribution in [2.24, 2.45) is 5.73 Å². The molecule has 5 heteroatoms. The lowest BCUT2D eigenvalue weighted by Gasteiger charge is -2.08. The van der Waals surface area contributed by atoms with Crippen molar-refractivity contribution in [3.05, 3.63) is 41.0 Å². The molecule has 86 valence electrons. The smallest absolute Gasteiger partial charge is 0.366 e. The van der Waals surface area contributed by atoms with Gasteiger partial charge in [0.15, 0.2) is 0 Å². The van der Waals surface area contributed by atoms with E-state index in [1.807, 2.05) is 0 Å². The number of hydrogen-bond donors (Lipinski definition) is 1. The Morgan fingerprint density at radius 1 is 1.38 bits per heavy atom. The van der Waals surface area contributed by atoms with E-state index in [-0.39, 0.29) is 0 Å². The Bertz CT molecular complexity index is 435. The molecule has 1 aromatic carbocycles. The zero-order chi connectivity index (χ0) is 12.3. The van der Waals surface area contributed by atoms with Gasteiger partial charge in [0.2, 0.25) is 5.91 Å². The lowest BCUT2D eigenvalue weighted by Crippen LogP contribution is -2.06. The van der Waals surface area contributed by atoms with E-state index in [9.17, 15) is 18.0 Å². The first-order chi connectivity index (χ1) is 7.30. The Kier molecular flexibility index (Phi) is 3.37. The number of aryl methyl sites for hydroxylation is 1. The minimum atomic E-state index is -4.39. The van der Waals surface area contributed by atoms with Crippen LogP contribution in [0.2, 0.25) is 0 Å². The molecular formula is C11H10F3NO. The van der Waals surface area contributed by atoms with Crippen LogP contribution < -0.4 is 5.73 Å². The van der Waals surface area contributed by atoms with Gasteiger partial charge in [-0.15, -0.1) is 0 Å². The molecule has 0 unspecified atom stereocenters. The summed E-state index contributed by atoms with van der Waals surface area (Å²) in [5.74, 6) is -0.697. The summed E-state index contributed by atoms with van der Waals surface area (Å²) < 4.78 is 37.1. The fraction of sp³-hybridized carbons (Fsp3) is 0.182. The topological polar surface area (TPSA) is 43.1 Å². The SMILES string of the molecule is Cc1ccc(C(F)(F)F)cc1C=CC(N)=O. The van der Waals surface area contributed by atoms with Gasteiger partial charge in [0.25, 0.3) is 0 Å². The van der Waals surface area contributed by atoms with Crippen molar-refractivity contribution < 1.29 is 18.0 Å². The number of rotatable bonds is 2. The summed E-state index contributed by atoms with van der Waals surface area (Å²) in [6.07, 6.45) is -2.08. The van der Waals surface area contributed by atoms with Gasteiger partial charge in [0.05, 0.1) is 5.56 Å². The molecule has 0 saturated heterocycles. The molecule has 0 fully saturated rings. The van der Waals surface area contributed by atoms with E-state index < -0.39 is 17.6 Å². The van der Waals surface area contributed by atoms with E-state index in [1.165, 1.54) is 12.1 Å². The number of nitrogens with two attached hydrogens (primary N) is 1. The standard InChI is InChI=1S/C11H10F3NO/c1-7-2-4-9(11(12,13)14)6-8(7)3-5-10(15)16/h2-6H,1H3,(H2,15,16). The summed E-state index contributed by atoms with van der Waals surface area (Å²) in [6, 6.07) is 3.33. The summed E-state index contributed by atoms with van der Waals surface area (Å²) in [6.45, 7) is 1.65. The van der Waals surface area contributed by atoms with E-state index in [0.29, 0.717) is 11.1 Å². The van der Waals surface area contributed by atoms with E-state index in [4.69, 9.17) is 5.73 Å². The molecule has 1 rings (SSSR count). The minimum absolute atomic E-state index is 0.327. The fourth-order valence-corrected chi connectivity index (χ4v) is 1.17. The molecule has 0 aliphatic carbocycles. The van der Waals surface area contributed by atoms with Crippen molar-refractivity contribution in [1.82, 2.24) is 0 Å². The summed E-state index contributed by atoms with van der Waals surface area (Å²) >= 11 is 0. The van der Waals surface area contributed by atoms with Gasteiger partial charge >= 0.3 is 6.18 Å². The van der Waals surface area contributed by atoms with Crippen LogP contribution in [0, 0.1) is 6.92 Å². The maximum absolute atomic E-state index is 12.4. The molecule has 0 heterocycles. The quantitative estimate of drug-likeness (QED) is 0.778. The first kappa shape index (κ1) is 12.3. The van der Waals surface area contributed by atoms with Crippen molar-refractivity contribution in [2.45, 2.75) is 13.1 Å². The zero-order valence-corrected chi connectivity index (χ0v) is 8.51. The molecule has 2 N–H and O–H groups in total. The first-order valence-corrected chi connectivity index (χ1v) is 4.46. The molecule has 2 nitrogen and oxygen atoms in total. The number of alkyl halides is 3. The molecule has 0 saturated carbocycles. The number of amides is 1. The highest BCUT2D eigenvalue weighted by Gasteiger charge is 2.30. The Hall–Kier alpha value is -1.78. The molecule has 0 aliphatic heterocycles. The van der Waals surface area contributed by atoms with Gasteiger partial charge in [-0.25, -0.2) is 0 Å². The number of carbonyl (C=O) groups excluding carboxylic acids is 1. The number of carbonyl (C=O) groups is 1. The molecule has 0 aromatic heterocycles. The van der Waals surface area contributed by atoms with E-state index >= 15 is 0 Å². The van der Waals surface area contributed by atoms with E-state index in [1.54, 1.807) is 6.92 Å². The minimum Gasteiger partial charge on any atom is -0.366 e. The van der Waals surface area contributed by atoms with Crippen molar-refractivity contribution >= 4 is 12.0 Å². The molecule has 0 aliphatic rings. The van der Waals surface area contributed by atoms with Crippen LogP contribution in [0.3, 0.4) is 0 Å². The highest BCUT2D eigenvalue weighted by atomic mass is 19.4. The van der Waals surface area contributed by atoms with Gasteiger partial charge in [-0.05, 0) is 36.3 Å². The summed E-state index contributed by atoms with van der Waals surface area (Å²) in [5.41, 5.74) is 5.09. The summed E-state index contributed by atoms with van der Waals surface area (Å²) in [5, 5.41) is 0. The lowest BCUT2D eigenvalue weighted by atomic mass is 10.0. The Labute approximate surface area is 90.6 Å². The average Bonchev–Trinajstić information content (AvgIpc) is 2.14. The first-order valence-electron chi connectivity index (χ1n) is 4.46.